The molecular weight excluding hydrogens is 239 g/mol. The molecule has 2 N–H and O–H groups in total. The van der Waals surface area contributed by atoms with E-state index >= 15 is 0 Å². The number of ether oxygens (including phenoxy) is 1. The van der Waals surface area contributed by atoms with Gasteiger partial charge in [-0.15, -0.1) is 0 Å². The number of hydrogen-bond acceptors (Lipinski definition) is 3. The molecule has 1 aromatic carbocycles. The largest absolute Gasteiger partial charge is 0.491 e. The third-order valence-electron chi connectivity index (χ3n) is 1.88. The Morgan fingerprint density at radius 2 is 2.06 bits per heavy atom. The van der Waals surface area contributed by atoms with Crippen molar-refractivity contribution in [1.82, 2.24) is 0 Å². The van der Waals surface area contributed by atoms with E-state index in [1.54, 1.807) is 11.8 Å². The number of hydrogen-bond donors (Lipinski definition) is 1. The average molecular weight is 251 g/mol. The number of nitrogen functional groups attached to an aromatic ring is 1. The summed E-state index contributed by atoms with van der Waals surface area (Å²) in [5, 5.41) is 0. The first-order valence-electron chi connectivity index (χ1n) is 4.53. The zero-order valence-corrected chi connectivity index (χ0v) is 9.49. The van der Waals surface area contributed by atoms with Crippen molar-refractivity contribution in [3.63, 3.8) is 0 Å². The van der Waals surface area contributed by atoms with Crippen LogP contribution in [0.5, 0.6) is 5.75 Å². The van der Waals surface area contributed by atoms with Crippen molar-refractivity contribution in [3.8, 4) is 5.75 Å². The van der Waals surface area contributed by atoms with E-state index in [4.69, 9.17) is 10.5 Å². The van der Waals surface area contributed by atoms with Crippen LogP contribution in [-0.4, -0.2) is 18.6 Å². The lowest BCUT2D eigenvalue weighted by atomic mass is 10.2. The molecule has 0 radical (unpaired) electrons. The van der Waals surface area contributed by atoms with Crippen LogP contribution in [0.4, 0.5) is 18.9 Å². The number of nitrogens with two attached hydrogens (primary N) is 1. The van der Waals surface area contributed by atoms with E-state index < -0.39 is 11.7 Å². The third kappa shape index (κ3) is 3.52. The summed E-state index contributed by atoms with van der Waals surface area (Å²) in [6.07, 6.45) is -2.45. The molecular formula is C10H12F3NOS. The zero-order valence-electron chi connectivity index (χ0n) is 8.67. The van der Waals surface area contributed by atoms with Crippen molar-refractivity contribution >= 4 is 17.4 Å². The molecule has 0 aliphatic heterocycles. The van der Waals surface area contributed by atoms with Crippen molar-refractivity contribution in [2.75, 3.05) is 24.3 Å². The maximum atomic E-state index is 12.3. The van der Waals surface area contributed by atoms with Crippen LogP contribution < -0.4 is 10.5 Å². The summed E-state index contributed by atoms with van der Waals surface area (Å²) in [5.41, 5.74) is 4.72. The minimum Gasteiger partial charge on any atom is -0.491 e. The van der Waals surface area contributed by atoms with Gasteiger partial charge in [0.25, 0.3) is 0 Å². The van der Waals surface area contributed by atoms with Crippen molar-refractivity contribution in [1.29, 1.82) is 0 Å². The fraction of sp³-hybridized carbons (Fsp3) is 0.400. The first-order valence-corrected chi connectivity index (χ1v) is 5.93. The summed E-state index contributed by atoms with van der Waals surface area (Å²) >= 11 is 1.59. The highest BCUT2D eigenvalue weighted by molar-refractivity contribution is 7.98. The Morgan fingerprint density at radius 3 is 2.56 bits per heavy atom. The number of halogens is 3. The Kier molecular flexibility index (Phi) is 4.35. The SMILES string of the molecule is CSCCOc1ccc(C(F)(F)F)cc1N. The average Bonchev–Trinajstić information content (AvgIpc) is 2.19. The molecule has 1 rings (SSSR count). The van der Waals surface area contributed by atoms with E-state index in [0.29, 0.717) is 12.4 Å². The number of thioether (sulfide) groups is 1. The fourth-order valence-corrected chi connectivity index (χ4v) is 1.34. The highest BCUT2D eigenvalue weighted by atomic mass is 32.2. The van der Waals surface area contributed by atoms with Gasteiger partial charge in [0, 0.05) is 5.75 Å². The predicted octanol–water partition coefficient (Wildman–Crippen LogP) is 3.03. The van der Waals surface area contributed by atoms with Crippen LogP contribution in [-0.2, 0) is 6.18 Å². The molecule has 0 saturated heterocycles. The molecule has 0 heterocycles. The van der Waals surface area contributed by atoms with Gasteiger partial charge >= 0.3 is 6.18 Å². The van der Waals surface area contributed by atoms with Gasteiger partial charge in [0.15, 0.2) is 0 Å². The van der Waals surface area contributed by atoms with Crippen LogP contribution in [0.25, 0.3) is 0 Å². The van der Waals surface area contributed by atoms with Gasteiger partial charge in [0.05, 0.1) is 17.9 Å². The lowest BCUT2D eigenvalue weighted by Gasteiger charge is -2.11. The van der Waals surface area contributed by atoms with E-state index in [-0.39, 0.29) is 5.69 Å². The molecule has 1 aromatic rings. The van der Waals surface area contributed by atoms with Gasteiger partial charge < -0.3 is 10.5 Å². The van der Waals surface area contributed by atoms with Gasteiger partial charge in [-0.1, -0.05) is 0 Å². The van der Waals surface area contributed by atoms with Crippen LogP contribution in [0.15, 0.2) is 18.2 Å². The fourth-order valence-electron chi connectivity index (χ4n) is 1.09. The van der Waals surface area contributed by atoms with Crippen LogP contribution >= 0.6 is 11.8 Å². The molecule has 0 atom stereocenters. The van der Waals surface area contributed by atoms with Crippen molar-refractivity contribution in [3.05, 3.63) is 23.8 Å². The Bertz CT molecular complexity index is 354. The number of benzene rings is 1. The molecule has 0 amide bonds. The zero-order chi connectivity index (χ0) is 12.2. The maximum Gasteiger partial charge on any atom is 0.416 e. The summed E-state index contributed by atoms with van der Waals surface area (Å²) in [4.78, 5) is 0. The lowest BCUT2D eigenvalue weighted by Crippen LogP contribution is -2.07. The van der Waals surface area contributed by atoms with Gasteiger partial charge in [-0.3, -0.25) is 0 Å². The molecule has 0 unspecified atom stereocenters. The first-order chi connectivity index (χ1) is 7.45. The summed E-state index contributed by atoms with van der Waals surface area (Å²) in [7, 11) is 0. The molecule has 0 saturated carbocycles. The highest BCUT2D eigenvalue weighted by Gasteiger charge is 2.30. The van der Waals surface area contributed by atoms with E-state index in [9.17, 15) is 13.2 Å². The van der Waals surface area contributed by atoms with E-state index in [1.165, 1.54) is 6.07 Å². The highest BCUT2D eigenvalue weighted by Crippen LogP contribution is 2.33. The van der Waals surface area contributed by atoms with Gasteiger partial charge in [-0.2, -0.15) is 24.9 Å². The molecule has 0 aliphatic rings. The van der Waals surface area contributed by atoms with Crippen molar-refractivity contribution < 1.29 is 17.9 Å². The molecule has 6 heteroatoms. The second kappa shape index (κ2) is 5.34. The lowest BCUT2D eigenvalue weighted by molar-refractivity contribution is -0.137. The maximum absolute atomic E-state index is 12.3. The van der Waals surface area contributed by atoms with Crippen LogP contribution in [0.2, 0.25) is 0 Å². The topological polar surface area (TPSA) is 35.2 Å². The van der Waals surface area contributed by atoms with Crippen LogP contribution in [0, 0.1) is 0 Å². The van der Waals surface area contributed by atoms with E-state index in [1.807, 2.05) is 6.26 Å². The van der Waals surface area contributed by atoms with Crippen LogP contribution in [0.1, 0.15) is 5.56 Å². The van der Waals surface area contributed by atoms with Crippen molar-refractivity contribution in [2.24, 2.45) is 0 Å². The normalized spacial score (nSPS) is 11.5. The Labute approximate surface area is 96.0 Å². The number of anilines is 1. The predicted molar refractivity (Wildman–Crippen MR) is 59.7 cm³/mol. The van der Waals surface area contributed by atoms with Crippen LogP contribution in [0.3, 0.4) is 0 Å². The van der Waals surface area contributed by atoms with Gasteiger partial charge in [0.1, 0.15) is 5.75 Å². The molecule has 0 aliphatic carbocycles. The Morgan fingerprint density at radius 1 is 1.38 bits per heavy atom. The summed E-state index contributed by atoms with van der Waals surface area (Å²) < 4.78 is 42.2. The number of alkyl halides is 3. The molecule has 0 spiro atoms. The summed E-state index contributed by atoms with van der Waals surface area (Å²) in [5.74, 6) is 1.06. The molecule has 16 heavy (non-hydrogen) atoms. The molecule has 0 aromatic heterocycles. The summed E-state index contributed by atoms with van der Waals surface area (Å²) in [6, 6.07) is 3.09. The number of rotatable bonds is 4. The molecule has 0 fully saturated rings. The first kappa shape index (κ1) is 13.0. The van der Waals surface area contributed by atoms with Gasteiger partial charge in [-0.05, 0) is 24.5 Å². The standard InChI is InChI=1S/C10H12F3NOS/c1-16-5-4-15-9-3-2-7(6-8(9)14)10(11,12)13/h2-3,6H,4-5,14H2,1H3. The third-order valence-corrected chi connectivity index (χ3v) is 2.46. The summed E-state index contributed by atoms with van der Waals surface area (Å²) in [6.45, 7) is 0.427. The van der Waals surface area contributed by atoms with Gasteiger partial charge in [-0.25, -0.2) is 0 Å². The van der Waals surface area contributed by atoms with E-state index in [0.717, 1.165) is 17.9 Å². The molecule has 2 nitrogen and oxygen atoms in total. The quantitative estimate of drug-likeness (QED) is 0.660. The molecule has 0 bridgehead atoms. The minimum absolute atomic E-state index is 0.0101. The van der Waals surface area contributed by atoms with Crippen molar-refractivity contribution in [2.45, 2.75) is 6.18 Å². The Balaban J connectivity index is 2.76. The van der Waals surface area contributed by atoms with Gasteiger partial charge in [0.2, 0.25) is 0 Å². The monoisotopic (exact) mass is 251 g/mol. The second-order valence-electron chi connectivity index (χ2n) is 3.09. The smallest absolute Gasteiger partial charge is 0.416 e. The minimum atomic E-state index is -4.37. The second-order valence-corrected chi connectivity index (χ2v) is 4.08. The Hall–Kier alpha value is -1.04. The van der Waals surface area contributed by atoms with E-state index in [2.05, 4.69) is 0 Å². The molecule has 90 valence electrons.